The van der Waals surface area contributed by atoms with Crippen LogP contribution in [0.2, 0.25) is 0 Å². The van der Waals surface area contributed by atoms with Crippen LogP contribution in [0.3, 0.4) is 0 Å². The molecule has 0 unspecified atom stereocenters. The largest absolute Gasteiger partial charge is 0.384 e. The summed E-state index contributed by atoms with van der Waals surface area (Å²) >= 11 is 0. The summed E-state index contributed by atoms with van der Waals surface area (Å²) in [7, 11) is 0. The van der Waals surface area contributed by atoms with E-state index in [1.54, 1.807) is 6.07 Å². The van der Waals surface area contributed by atoms with Crippen molar-refractivity contribution in [2.75, 3.05) is 12.3 Å². The third-order valence-electron chi connectivity index (χ3n) is 3.81. The van der Waals surface area contributed by atoms with Gasteiger partial charge in [-0.3, -0.25) is 4.79 Å². The summed E-state index contributed by atoms with van der Waals surface area (Å²) in [6.07, 6.45) is 4.70. The molecule has 1 heterocycles. The number of nitrogens with zero attached hydrogens (tertiary/aromatic N) is 2. The Hall–Kier alpha value is -1.58. The molecule has 1 saturated carbocycles. The van der Waals surface area contributed by atoms with Crippen molar-refractivity contribution >= 4 is 11.7 Å². The first-order valence-corrected chi connectivity index (χ1v) is 7.52. The number of hydrogen-bond donors (Lipinski definition) is 1. The molecule has 4 heteroatoms. The van der Waals surface area contributed by atoms with E-state index in [1.807, 2.05) is 17.9 Å². The molecule has 0 radical (unpaired) electrons. The number of aryl methyl sites for hydroxylation is 1. The minimum Gasteiger partial charge on any atom is -0.384 e. The average Bonchev–Trinajstić information content (AvgIpc) is 2.87. The number of carbonyl (C=O) groups is 1. The molecule has 0 aromatic carbocycles. The number of anilines is 1. The van der Waals surface area contributed by atoms with Crippen molar-refractivity contribution in [1.29, 1.82) is 0 Å². The van der Waals surface area contributed by atoms with Crippen molar-refractivity contribution in [2.24, 2.45) is 5.92 Å². The fourth-order valence-corrected chi connectivity index (χ4v) is 2.99. The molecular formula is C16H25N3O. The second-order valence-electron chi connectivity index (χ2n) is 6.21. The summed E-state index contributed by atoms with van der Waals surface area (Å²) in [5.74, 6) is 0.993. The van der Waals surface area contributed by atoms with Gasteiger partial charge in [0.2, 0.25) is 0 Å². The molecule has 1 aliphatic carbocycles. The summed E-state index contributed by atoms with van der Waals surface area (Å²) < 4.78 is 0. The maximum atomic E-state index is 12.8. The van der Waals surface area contributed by atoms with Crippen LogP contribution in [0.15, 0.2) is 12.1 Å². The van der Waals surface area contributed by atoms with Gasteiger partial charge < -0.3 is 10.6 Å². The monoisotopic (exact) mass is 275 g/mol. The molecule has 110 valence electrons. The Morgan fingerprint density at radius 2 is 2.05 bits per heavy atom. The van der Waals surface area contributed by atoms with Crippen molar-refractivity contribution < 1.29 is 4.79 Å². The van der Waals surface area contributed by atoms with Gasteiger partial charge in [0.25, 0.3) is 5.91 Å². The zero-order valence-corrected chi connectivity index (χ0v) is 12.7. The highest BCUT2D eigenvalue weighted by atomic mass is 16.2. The number of nitrogens with two attached hydrogens (primary N) is 1. The molecule has 1 amide bonds. The third kappa shape index (κ3) is 3.50. The van der Waals surface area contributed by atoms with Gasteiger partial charge in [-0.1, -0.05) is 26.7 Å². The Bertz CT molecular complexity index is 458. The van der Waals surface area contributed by atoms with Gasteiger partial charge in [0.15, 0.2) is 0 Å². The van der Waals surface area contributed by atoms with Crippen LogP contribution in [0.4, 0.5) is 5.82 Å². The number of carbonyl (C=O) groups excluding carboxylic acids is 1. The predicted molar refractivity (Wildman–Crippen MR) is 81.5 cm³/mol. The van der Waals surface area contributed by atoms with E-state index in [4.69, 9.17) is 5.73 Å². The summed E-state index contributed by atoms with van der Waals surface area (Å²) in [6.45, 7) is 6.99. The van der Waals surface area contributed by atoms with Gasteiger partial charge in [0.1, 0.15) is 5.82 Å². The number of pyridine rings is 1. The van der Waals surface area contributed by atoms with Crippen molar-refractivity contribution in [1.82, 2.24) is 9.88 Å². The van der Waals surface area contributed by atoms with Crippen molar-refractivity contribution in [3.8, 4) is 0 Å². The molecule has 2 N–H and O–H groups in total. The van der Waals surface area contributed by atoms with Gasteiger partial charge in [-0.25, -0.2) is 4.98 Å². The maximum absolute atomic E-state index is 12.8. The highest BCUT2D eigenvalue weighted by molar-refractivity contribution is 5.95. The number of nitrogen functional groups attached to an aromatic ring is 1. The minimum absolute atomic E-state index is 0.0998. The van der Waals surface area contributed by atoms with E-state index < -0.39 is 0 Å². The second-order valence-corrected chi connectivity index (χ2v) is 6.21. The van der Waals surface area contributed by atoms with Gasteiger partial charge >= 0.3 is 0 Å². The molecule has 0 atom stereocenters. The molecule has 1 aromatic rings. The quantitative estimate of drug-likeness (QED) is 0.919. The molecule has 4 nitrogen and oxygen atoms in total. The van der Waals surface area contributed by atoms with Crippen molar-refractivity contribution in [3.05, 3.63) is 23.4 Å². The molecule has 0 spiro atoms. The van der Waals surface area contributed by atoms with Gasteiger partial charge in [0, 0.05) is 23.8 Å². The molecule has 1 aromatic heterocycles. The van der Waals surface area contributed by atoms with Crippen LogP contribution in [0.1, 0.15) is 55.6 Å². The summed E-state index contributed by atoms with van der Waals surface area (Å²) in [6, 6.07) is 3.91. The first-order valence-electron chi connectivity index (χ1n) is 7.52. The summed E-state index contributed by atoms with van der Waals surface area (Å²) in [5, 5.41) is 0. The van der Waals surface area contributed by atoms with Crippen LogP contribution in [-0.4, -0.2) is 28.4 Å². The van der Waals surface area contributed by atoms with Crippen LogP contribution in [-0.2, 0) is 0 Å². The third-order valence-corrected chi connectivity index (χ3v) is 3.81. The molecule has 2 rings (SSSR count). The fraction of sp³-hybridized carbons (Fsp3) is 0.625. The standard InChI is InChI=1S/C16H25N3O/c1-11(2)10-19(14-6-4-5-7-14)16(20)13-8-12(3)18-15(17)9-13/h8-9,11,14H,4-7,10H2,1-3H3,(H2,17,18). The lowest BCUT2D eigenvalue weighted by Crippen LogP contribution is -2.41. The van der Waals surface area contributed by atoms with Crippen molar-refractivity contribution in [3.63, 3.8) is 0 Å². The second kappa shape index (κ2) is 6.25. The van der Waals surface area contributed by atoms with E-state index in [2.05, 4.69) is 18.8 Å². The van der Waals surface area contributed by atoms with Crippen LogP contribution < -0.4 is 5.73 Å². The van der Waals surface area contributed by atoms with Crippen LogP contribution >= 0.6 is 0 Å². The smallest absolute Gasteiger partial charge is 0.254 e. The van der Waals surface area contributed by atoms with E-state index >= 15 is 0 Å². The normalized spacial score (nSPS) is 15.8. The summed E-state index contributed by atoms with van der Waals surface area (Å²) in [4.78, 5) is 19.0. The Labute approximate surface area is 121 Å². The Morgan fingerprint density at radius 3 is 2.60 bits per heavy atom. The van der Waals surface area contributed by atoms with E-state index in [-0.39, 0.29) is 5.91 Å². The molecule has 20 heavy (non-hydrogen) atoms. The Balaban J connectivity index is 2.24. The lowest BCUT2D eigenvalue weighted by Gasteiger charge is -2.31. The minimum atomic E-state index is 0.0998. The fourth-order valence-electron chi connectivity index (χ4n) is 2.99. The van der Waals surface area contributed by atoms with Crippen LogP contribution in [0.5, 0.6) is 0 Å². The SMILES string of the molecule is Cc1cc(C(=O)N(CC(C)C)C2CCCC2)cc(N)n1. The molecule has 0 saturated heterocycles. The highest BCUT2D eigenvalue weighted by Gasteiger charge is 2.28. The topological polar surface area (TPSA) is 59.2 Å². The number of rotatable bonds is 4. The average molecular weight is 275 g/mol. The molecule has 1 fully saturated rings. The molecule has 0 aliphatic heterocycles. The number of hydrogen-bond acceptors (Lipinski definition) is 3. The van der Waals surface area contributed by atoms with Gasteiger partial charge in [-0.2, -0.15) is 0 Å². The zero-order chi connectivity index (χ0) is 14.7. The zero-order valence-electron chi connectivity index (χ0n) is 12.7. The molecule has 0 bridgehead atoms. The van der Waals surface area contributed by atoms with Gasteiger partial charge in [-0.15, -0.1) is 0 Å². The maximum Gasteiger partial charge on any atom is 0.254 e. The molecule has 1 aliphatic rings. The van der Waals surface area contributed by atoms with Crippen molar-refractivity contribution in [2.45, 2.75) is 52.5 Å². The first-order chi connectivity index (χ1) is 9.47. The Morgan fingerprint density at radius 1 is 1.40 bits per heavy atom. The number of aromatic nitrogens is 1. The lowest BCUT2D eigenvalue weighted by molar-refractivity contribution is 0.0655. The van der Waals surface area contributed by atoms with Crippen LogP contribution in [0.25, 0.3) is 0 Å². The van der Waals surface area contributed by atoms with E-state index in [0.29, 0.717) is 23.3 Å². The van der Waals surface area contributed by atoms with E-state index in [9.17, 15) is 4.79 Å². The Kier molecular flexibility index (Phi) is 4.63. The first kappa shape index (κ1) is 14.8. The summed E-state index contributed by atoms with van der Waals surface area (Å²) in [5.41, 5.74) is 7.23. The molecular weight excluding hydrogens is 250 g/mol. The van der Waals surface area contributed by atoms with Crippen LogP contribution in [0, 0.1) is 12.8 Å². The number of amides is 1. The lowest BCUT2D eigenvalue weighted by atomic mass is 10.1. The van der Waals surface area contributed by atoms with Gasteiger partial charge in [0.05, 0.1) is 0 Å². The highest BCUT2D eigenvalue weighted by Crippen LogP contribution is 2.26. The van der Waals surface area contributed by atoms with E-state index in [0.717, 1.165) is 25.1 Å². The van der Waals surface area contributed by atoms with Gasteiger partial charge in [-0.05, 0) is 37.8 Å². The van der Waals surface area contributed by atoms with E-state index in [1.165, 1.54) is 12.8 Å². The predicted octanol–water partition coefficient (Wildman–Crippen LogP) is 3.01.